The lowest BCUT2D eigenvalue weighted by molar-refractivity contribution is -0.115. The summed E-state index contributed by atoms with van der Waals surface area (Å²) in [6.45, 7) is 0. The molecule has 3 heterocycles. The van der Waals surface area contributed by atoms with Crippen LogP contribution in [0.25, 0.3) is 22.2 Å². The molecule has 1 saturated heterocycles. The smallest absolute Gasteiger partial charge is 0.228 e. The third-order valence-corrected chi connectivity index (χ3v) is 7.85. The van der Waals surface area contributed by atoms with E-state index in [1.54, 1.807) is 30.0 Å². The van der Waals surface area contributed by atoms with E-state index in [1.807, 2.05) is 24.3 Å². The molecule has 5 rings (SSSR count). The molecule has 0 saturated carbocycles. The van der Waals surface area contributed by atoms with Crippen molar-refractivity contribution in [2.45, 2.75) is 16.6 Å². The maximum atomic E-state index is 12.6. The minimum absolute atomic E-state index is 0.0975. The molecule has 7 heteroatoms. The average molecular weight is 384 g/mol. The summed E-state index contributed by atoms with van der Waals surface area (Å²) in [5, 5.41) is 3.94. The Hall–Kier alpha value is -2.25. The molecule has 2 aliphatic heterocycles. The van der Waals surface area contributed by atoms with Gasteiger partial charge in [0.15, 0.2) is 9.84 Å². The minimum Gasteiger partial charge on any atom is -0.354 e. The van der Waals surface area contributed by atoms with Gasteiger partial charge in [0.2, 0.25) is 5.91 Å². The van der Waals surface area contributed by atoms with E-state index in [1.165, 1.54) is 0 Å². The van der Waals surface area contributed by atoms with Gasteiger partial charge in [0.05, 0.1) is 28.5 Å². The lowest BCUT2D eigenvalue weighted by Gasteiger charge is -2.05. The molecule has 1 fully saturated rings. The topological polar surface area (TPSA) is 79.0 Å². The number of para-hydroxylation sites is 1. The standard InChI is InChI=1S/C19H16N2O3S2/c22-18-8-15-14-7-12(26(23,24)10-11-9-25-11)5-6-17(14)21-19(15)13-3-1-2-4-16(13)20-18/h1-7,11,21H,8-10H2,(H,20,22). The number of aromatic nitrogens is 1. The maximum Gasteiger partial charge on any atom is 0.228 e. The van der Waals surface area contributed by atoms with Crippen molar-refractivity contribution in [2.75, 3.05) is 16.8 Å². The molecule has 1 aromatic heterocycles. The van der Waals surface area contributed by atoms with Crippen molar-refractivity contribution in [2.24, 2.45) is 0 Å². The van der Waals surface area contributed by atoms with Crippen molar-refractivity contribution in [3.8, 4) is 11.3 Å². The third kappa shape index (κ3) is 2.62. The van der Waals surface area contributed by atoms with Gasteiger partial charge >= 0.3 is 0 Å². The Morgan fingerprint density at radius 1 is 1.15 bits per heavy atom. The number of H-pyrrole nitrogens is 1. The number of hydrogen-bond acceptors (Lipinski definition) is 4. The Balaban J connectivity index is 1.70. The van der Waals surface area contributed by atoms with Crippen LogP contribution in [-0.4, -0.2) is 36.1 Å². The van der Waals surface area contributed by atoms with E-state index in [2.05, 4.69) is 10.3 Å². The normalized spacial score (nSPS) is 18.8. The zero-order chi connectivity index (χ0) is 17.9. The van der Waals surface area contributed by atoms with Gasteiger partial charge in [-0.25, -0.2) is 8.42 Å². The second-order valence-electron chi connectivity index (χ2n) is 6.69. The largest absolute Gasteiger partial charge is 0.354 e. The molecule has 2 aliphatic rings. The van der Waals surface area contributed by atoms with E-state index in [-0.39, 0.29) is 23.3 Å². The Kier molecular flexibility index (Phi) is 3.45. The molecule has 0 spiro atoms. The number of rotatable bonds is 3. The van der Waals surface area contributed by atoms with E-state index in [0.29, 0.717) is 4.90 Å². The molecule has 5 nitrogen and oxygen atoms in total. The Labute approximate surface area is 155 Å². The summed E-state index contributed by atoms with van der Waals surface area (Å²) >= 11 is 1.68. The number of nitrogens with one attached hydrogen (secondary N) is 2. The van der Waals surface area contributed by atoms with Gasteiger partial charge in [-0.1, -0.05) is 18.2 Å². The van der Waals surface area contributed by atoms with Crippen LogP contribution in [0.3, 0.4) is 0 Å². The van der Waals surface area contributed by atoms with Gasteiger partial charge in [0.1, 0.15) is 0 Å². The molecule has 2 N–H and O–H groups in total. The fourth-order valence-electron chi connectivity index (χ4n) is 3.50. The molecule has 2 aromatic carbocycles. The number of aromatic amines is 1. The van der Waals surface area contributed by atoms with Crippen LogP contribution >= 0.6 is 11.8 Å². The first kappa shape index (κ1) is 16.0. The van der Waals surface area contributed by atoms with Crippen molar-refractivity contribution >= 4 is 44.1 Å². The van der Waals surface area contributed by atoms with Crippen LogP contribution in [0.2, 0.25) is 0 Å². The molecule has 0 radical (unpaired) electrons. The molecule has 26 heavy (non-hydrogen) atoms. The molecular weight excluding hydrogens is 368 g/mol. The van der Waals surface area contributed by atoms with E-state index < -0.39 is 9.84 Å². The summed E-state index contributed by atoms with van der Waals surface area (Å²) in [7, 11) is -3.31. The van der Waals surface area contributed by atoms with Gasteiger partial charge in [0, 0.05) is 27.5 Å². The van der Waals surface area contributed by atoms with E-state index in [4.69, 9.17) is 0 Å². The number of amides is 1. The first-order valence-corrected chi connectivity index (χ1v) is 11.1. The average Bonchev–Trinajstić information content (AvgIpc) is 3.36. The van der Waals surface area contributed by atoms with Crippen LogP contribution in [0.5, 0.6) is 0 Å². The van der Waals surface area contributed by atoms with Crippen molar-refractivity contribution < 1.29 is 13.2 Å². The van der Waals surface area contributed by atoms with Gasteiger partial charge in [-0.3, -0.25) is 4.79 Å². The van der Waals surface area contributed by atoms with Crippen molar-refractivity contribution in [1.29, 1.82) is 0 Å². The van der Waals surface area contributed by atoms with Crippen LogP contribution in [0.15, 0.2) is 47.4 Å². The molecule has 0 bridgehead atoms. The zero-order valence-electron chi connectivity index (χ0n) is 13.8. The number of sulfone groups is 1. The predicted octanol–water partition coefficient (Wildman–Crippen LogP) is 3.22. The summed E-state index contributed by atoms with van der Waals surface area (Å²) in [4.78, 5) is 16.0. The highest BCUT2D eigenvalue weighted by atomic mass is 32.2. The quantitative estimate of drug-likeness (QED) is 0.680. The number of anilines is 1. The predicted molar refractivity (Wildman–Crippen MR) is 104 cm³/mol. The van der Waals surface area contributed by atoms with Crippen molar-refractivity contribution in [1.82, 2.24) is 4.98 Å². The fraction of sp³-hybridized carbons (Fsp3) is 0.211. The zero-order valence-corrected chi connectivity index (χ0v) is 15.4. The maximum absolute atomic E-state index is 12.6. The Bertz CT molecular complexity index is 1160. The molecule has 0 aliphatic carbocycles. The molecule has 1 unspecified atom stereocenters. The second kappa shape index (κ2) is 5.62. The van der Waals surface area contributed by atoms with Gasteiger partial charge in [-0.05, 0) is 29.8 Å². The number of carbonyl (C=O) groups is 1. The highest BCUT2D eigenvalue weighted by Crippen LogP contribution is 2.38. The number of hydrogen-bond donors (Lipinski definition) is 2. The van der Waals surface area contributed by atoms with Crippen molar-refractivity contribution in [3.05, 3.63) is 48.0 Å². The lowest BCUT2D eigenvalue weighted by atomic mass is 10.0. The van der Waals surface area contributed by atoms with Gasteiger partial charge in [-0.2, -0.15) is 11.8 Å². The van der Waals surface area contributed by atoms with E-state index >= 15 is 0 Å². The summed E-state index contributed by atoms with van der Waals surface area (Å²) in [5.41, 5.74) is 4.26. The monoisotopic (exact) mass is 384 g/mol. The highest BCUT2D eigenvalue weighted by molar-refractivity contribution is 8.08. The molecule has 1 amide bonds. The summed E-state index contributed by atoms with van der Waals surface area (Å²) < 4.78 is 25.3. The fourth-order valence-corrected chi connectivity index (χ4v) is 6.20. The Morgan fingerprint density at radius 2 is 1.96 bits per heavy atom. The first-order valence-electron chi connectivity index (χ1n) is 8.39. The van der Waals surface area contributed by atoms with Crippen LogP contribution in [0.1, 0.15) is 5.56 Å². The van der Waals surface area contributed by atoms with Crippen LogP contribution in [0, 0.1) is 0 Å². The van der Waals surface area contributed by atoms with Crippen LogP contribution in [0.4, 0.5) is 5.69 Å². The highest BCUT2D eigenvalue weighted by Gasteiger charge is 2.30. The summed E-state index contributed by atoms with van der Waals surface area (Å²) in [6.07, 6.45) is 0.214. The van der Waals surface area contributed by atoms with Gasteiger partial charge < -0.3 is 10.3 Å². The SMILES string of the molecule is O=C1Cc2c([nH]c3ccc(S(=O)(=O)CC4CS4)cc23)-c2ccccc2N1. The summed E-state index contributed by atoms with van der Waals surface area (Å²) in [5.74, 6) is 0.997. The second-order valence-corrected chi connectivity index (χ2v) is 10.1. The number of thioether (sulfide) groups is 1. The van der Waals surface area contributed by atoms with E-state index in [9.17, 15) is 13.2 Å². The molecule has 1 atom stereocenters. The van der Waals surface area contributed by atoms with E-state index in [0.717, 1.165) is 39.2 Å². The molecular formula is C19H16N2O3S2. The number of fused-ring (bicyclic) bond motifs is 5. The van der Waals surface area contributed by atoms with Gasteiger partial charge in [-0.15, -0.1) is 0 Å². The molecule has 132 valence electrons. The molecule has 3 aromatic rings. The van der Waals surface area contributed by atoms with Crippen molar-refractivity contribution in [3.63, 3.8) is 0 Å². The Morgan fingerprint density at radius 3 is 2.77 bits per heavy atom. The van der Waals surface area contributed by atoms with Gasteiger partial charge in [0.25, 0.3) is 0 Å². The minimum atomic E-state index is -3.31. The van der Waals surface area contributed by atoms with Crippen LogP contribution < -0.4 is 5.32 Å². The number of benzene rings is 2. The summed E-state index contributed by atoms with van der Waals surface area (Å²) in [6, 6.07) is 12.8. The number of carbonyl (C=O) groups excluding carboxylic acids is 1. The first-order chi connectivity index (χ1) is 12.5. The third-order valence-electron chi connectivity index (χ3n) is 4.85. The lowest BCUT2D eigenvalue weighted by Crippen LogP contribution is -2.13. The van der Waals surface area contributed by atoms with Crippen LogP contribution in [-0.2, 0) is 21.1 Å².